The van der Waals surface area contributed by atoms with Gasteiger partial charge in [-0.3, -0.25) is 14.5 Å². The van der Waals surface area contributed by atoms with Gasteiger partial charge in [-0.2, -0.15) is 0 Å². The third-order valence-corrected chi connectivity index (χ3v) is 6.45. The highest BCUT2D eigenvalue weighted by Crippen LogP contribution is 2.39. The number of halogens is 1. The van der Waals surface area contributed by atoms with Gasteiger partial charge in [-0.05, 0) is 51.1 Å². The monoisotopic (exact) mass is 513 g/mol. The van der Waals surface area contributed by atoms with E-state index in [9.17, 15) is 14.4 Å². The number of methoxy groups -OCH3 is 1. The van der Waals surface area contributed by atoms with Gasteiger partial charge >= 0.3 is 11.9 Å². The predicted molar refractivity (Wildman–Crippen MR) is 117 cm³/mol. The lowest BCUT2D eigenvalue weighted by atomic mass is 10.2. The van der Waals surface area contributed by atoms with Crippen LogP contribution in [0.3, 0.4) is 0 Å². The van der Waals surface area contributed by atoms with Crippen molar-refractivity contribution in [3.05, 3.63) is 49.5 Å². The van der Waals surface area contributed by atoms with Crippen LogP contribution >= 0.6 is 51.2 Å². The topological polar surface area (TPSA) is 93.1 Å². The van der Waals surface area contributed by atoms with Crippen molar-refractivity contribution in [2.45, 2.75) is 0 Å². The van der Waals surface area contributed by atoms with Crippen LogP contribution in [-0.2, 0) is 9.59 Å². The molecule has 0 radical (unpaired) electrons. The normalized spacial score (nSPS) is 15.1. The number of carbonyl (C=O) groups excluding carboxylic acids is 2. The van der Waals surface area contributed by atoms with E-state index in [1.165, 1.54) is 18.4 Å². The van der Waals surface area contributed by atoms with Gasteiger partial charge in [-0.1, -0.05) is 30.0 Å². The zero-order valence-electron chi connectivity index (χ0n) is 14.7. The average molecular weight is 514 g/mol. The molecule has 0 unspecified atom stereocenters. The minimum absolute atomic E-state index is 0.177. The van der Waals surface area contributed by atoms with Gasteiger partial charge in [0.15, 0.2) is 11.5 Å². The molecule has 0 bridgehead atoms. The fourth-order valence-electron chi connectivity index (χ4n) is 2.38. The Kier molecular flexibility index (Phi) is 6.73. The maximum absolute atomic E-state index is 12.4. The van der Waals surface area contributed by atoms with Crippen molar-refractivity contribution < 1.29 is 29.0 Å². The molecule has 1 N–H and O–H groups in total. The zero-order valence-corrected chi connectivity index (χ0v) is 18.7. The summed E-state index contributed by atoms with van der Waals surface area (Å²) in [6.07, 6.45) is 1.57. The van der Waals surface area contributed by atoms with Gasteiger partial charge in [0.2, 0.25) is 0 Å². The Labute approximate surface area is 187 Å². The number of thioether (sulfide) groups is 1. The van der Waals surface area contributed by atoms with E-state index >= 15 is 0 Å². The van der Waals surface area contributed by atoms with Crippen molar-refractivity contribution in [3.8, 4) is 11.5 Å². The van der Waals surface area contributed by atoms with Gasteiger partial charge in [0, 0.05) is 0 Å². The summed E-state index contributed by atoms with van der Waals surface area (Å²) in [5.74, 6) is -1.64. The molecule has 150 valence electrons. The highest BCUT2D eigenvalue weighted by molar-refractivity contribution is 9.10. The van der Waals surface area contributed by atoms with Gasteiger partial charge in [-0.15, -0.1) is 11.3 Å². The summed E-state index contributed by atoms with van der Waals surface area (Å²) in [6.45, 7) is -0.493. The first-order valence-electron chi connectivity index (χ1n) is 7.90. The molecule has 0 saturated carbocycles. The number of carbonyl (C=O) groups is 3. The molecular weight excluding hydrogens is 502 g/mol. The summed E-state index contributed by atoms with van der Waals surface area (Å²) in [6, 6.07) is 6.66. The van der Waals surface area contributed by atoms with Crippen molar-refractivity contribution in [2.24, 2.45) is 0 Å². The number of nitrogens with zero attached hydrogens (tertiary/aromatic N) is 1. The summed E-state index contributed by atoms with van der Waals surface area (Å²) < 4.78 is 11.4. The molecule has 1 amide bonds. The highest BCUT2D eigenvalue weighted by Gasteiger charge is 2.33. The number of ether oxygens (including phenoxy) is 2. The SMILES string of the molecule is COc1cc(C=C2SC(=S)N(CC(=O)O)C2=O)cc(Br)c1OC(=O)c1cccs1. The average Bonchev–Trinajstić information content (AvgIpc) is 3.28. The van der Waals surface area contributed by atoms with Crippen molar-refractivity contribution >= 4 is 79.5 Å². The van der Waals surface area contributed by atoms with Crippen LogP contribution in [0.25, 0.3) is 6.08 Å². The van der Waals surface area contributed by atoms with Gasteiger partial charge in [0.05, 0.1) is 16.5 Å². The van der Waals surface area contributed by atoms with Crippen LogP contribution in [0.4, 0.5) is 0 Å². The predicted octanol–water partition coefficient (Wildman–Crippen LogP) is 4.02. The van der Waals surface area contributed by atoms with Crippen LogP contribution in [-0.4, -0.2) is 45.8 Å². The molecule has 11 heteroatoms. The lowest BCUT2D eigenvalue weighted by molar-refractivity contribution is -0.140. The molecule has 1 aromatic carbocycles. The molecule has 1 fully saturated rings. The van der Waals surface area contributed by atoms with E-state index in [2.05, 4.69) is 15.9 Å². The third-order valence-electron chi connectivity index (χ3n) is 3.63. The molecule has 7 nitrogen and oxygen atoms in total. The number of thiophene rings is 1. The second-order valence-corrected chi connectivity index (χ2v) is 9.04. The lowest BCUT2D eigenvalue weighted by Crippen LogP contribution is -2.33. The molecule has 1 aliphatic heterocycles. The second kappa shape index (κ2) is 9.08. The Hall–Kier alpha value is -2.21. The van der Waals surface area contributed by atoms with E-state index in [1.54, 1.807) is 35.7 Å². The Morgan fingerprint density at radius 3 is 2.76 bits per heavy atom. The Morgan fingerprint density at radius 1 is 1.38 bits per heavy atom. The largest absolute Gasteiger partial charge is 0.493 e. The van der Waals surface area contributed by atoms with E-state index < -0.39 is 24.4 Å². The Balaban J connectivity index is 1.88. The first kappa shape index (κ1) is 21.5. The molecular formula is C18H12BrNO6S3. The molecule has 2 heterocycles. The van der Waals surface area contributed by atoms with E-state index in [1.807, 2.05) is 0 Å². The van der Waals surface area contributed by atoms with E-state index in [0.29, 0.717) is 14.9 Å². The number of carboxylic acid groups (broad SMARTS) is 1. The van der Waals surface area contributed by atoms with Crippen molar-refractivity contribution in [2.75, 3.05) is 13.7 Å². The van der Waals surface area contributed by atoms with Crippen LogP contribution in [0.5, 0.6) is 11.5 Å². The molecule has 3 rings (SSSR count). The summed E-state index contributed by atoms with van der Waals surface area (Å²) in [7, 11) is 1.43. The number of hydrogen-bond donors (Lipinski definition) is 1. The first-order valence-corrected chi connectivity index (χ1v) is 10.8. The summed E-state index contributed by atoms with van der Waals surface area (Å²) in [5, 5.41) is 10.7. The molecule has 0 atom stereocenters. The minimum atomic E-state index is -1.15. The van der Waals surface area contributed by atoms with Crippen LogP contribution in [0.15, 0.2) is 39.0 Å². The highest BCUT2D eigenvalue weighted by atomic mass is 79.9. The van der Waals surface area contributed by atoms with E-state index in [0.717, 1.165) is 16.7 Å². The number of rotatable bonds is 6. The van der Waals surface area contributed by atoms with Crippen molar-refractivity contribution in [3.63, 3.8) is 0 Å². The fraction of sp³-hybridized carbons (Fsp3) is 0.111. The van der Waals surface area contributed by atoms with Gasteiger partial charge in [-0.25, -0.2) is 4.79 Å². The summed E-state index contributed by atoms with van der Waals surface area (Å²) >= 11 is 10.7. The minimum Gasteiger partial charge on any atom is -0.493 e. The fourth-order valence-corrected chi connectivity index (χ4v) is 4.78. The van der Waals surface area contributed by atoms with E-state index in [-0.39, 0.29) is 20.7 Å². The lowest BCUT2D eigenvalue weighted by Gasteiger charge is -2.12. The molecule has 0 aliphatic carbocycles. The van der Waals surface area contributed by atoms with Crippen molar-refractivity contribution in [1.29, 1.82) is 0 Å². The third kappa shape index (κ3) is 4.86. The standard InChI is InChI=1S/C18H12BrNO6S3/c1-25-11-6-9(7-13-16(23)20(8-14(21)22)18(27)29-13)5-10(19)15(11)26-17(24)12-3-2-4-28-12/h2-7H,8H2,1H3,(H,21,22). The molecule has 1 saturated heterocycles. The van der Waals surface area contributed by atoms with Gasteiger partial charge < -0.3 is 14.6 Å². The van der Waals surface area contributed by atoms with Crippen LogP contribution in [0.1, 0.15) is 15.2 Å². The number of benzene rings is 1. The van der Waals surface area contributed by atoms with Gasteiger partial charge in [0.1, 0.15) is 15.7 Å². The van der Waals surface area contributed by atoms with Gasteiger partial charge in [0.25, 0.3) is 5.91 Å². The first-order chi connectivity index (χ1) is 13.8. The summed E-state index contributed by atoms with van der Waals surface area (Å²) in [4.78, 5) is 37.3. The molecule has 1 aromatic heterocycles. The van der Waals surface area contributed by atoms with Crippen LogP contribution < -0.4 is 9.47 Å². The Morgan fingerprint density at radius 2 is 2.14 bits per heavy atom. The second-order valence-electron chi connectivity index (χ2n) is 5.56. The molecule has 1 aliphatic rings. The molecule has 0 spiro atoms. The number of esters is 1. The summed E-state index contributed by atoms with van der Waals surface area (Å²) in [5.41, 5.74) is 0.584. The maximum atomic E-state index is 12.4. The van der Waals surface area contributed by atoms with Crippen LogP contribution in [0, 0.1) is 0 Å². The number of hydrogen-bond acceptors (Lipinski definition) is 8. The number of amides is 1. The smallest absolute Gasteiger partial charge is 0.353 e. The van der Waals surface area contributed by atoms with Crippen molar-refractivity contribution in [1.82, 2.24) is 4.90 Å². The van der Waals surface area contributed by atoms with Crippen LogP contribution in [0.2, 0.25) is 0 Å². The number of thiocarbonyl (C=S) groups is 1. The Bertz CT molecular complexity index is 1030. The van der Waals surface area contributed by atoms with E-state index in [4.69, 9.17) is 26.8 Å². The number of aliphatic carboxylic acids is 1. The number of carboxylic acids is 1. The zero-order chi connectivity index (χ0) is 21.1. The molecule has 2 aromatic rings. The quantitative estimate of drug-likeness (QED) is 0.268. The maximum Gasteiger partial charge on any atom is 0.353 e. The molecule has 29 heavy (non-hydrogen) atoms.